The SMILES string of the molecule is CCCNC(=O)COC(=O)[C@H]1CS[C@]2(C)CCC(=O)N12. The summed E-state index contributed by atoms with van der Waals surface area (Å²) in [6.45, 7) is 4.21. The van der Waals surface area contributed by atoms with Crippen LogP contribution in [0.15, 0.2) is 0 Å². The third-order valence-electron chi connectivity index (χ3n) is 3.63. The van der Waals surface area contributed by atoms with Crippen LogP contribution >= 0.6 is 11.8 Å². The molecule has 0 aliphatic carbocycles. The number of ether oxygens (including phenoxy) is 1. The first-order valence-corrected chi connectivity index (χ1v) is 7.86. The molecule has 2 heterocycles. The maximum Gasteiger partial charge on any atom is 0.330 e. The standard InChI is InChI=1S/C13H20N2O4S/c1-3-6-14-10(16)7-19-12(18)9-8-20-13(2)5-4-11(17)15(9)13/h9H,3-8H2,1-2H3,(H,14,16)/t9-,13-/m1/s1. The van der Waals surface area contributed by atoms with Crippen molar-refractivity contribution in [1.29, 1.82) is 0 Å². The van der Waals surface area contributed by atoms with E-state index in [1.807, 2.05) is 13.8 Å². The molecule has 1 N–H and O–H groups in total. The van der Waals surface area contributed by atoms with Crippen LogP contribution in [0.1, 0.15) is 33.1 Å². The van der Waals surface area contributed by atoms with Crippen molar-refractivity contribution in [3.05, 3.63) is 0 Å². The Labute approximate surface area is 122 Å². The molecule has 0 radical (unpaired) electrons. The average molecular weight is 300 g/mol. The van der Waals surface area contributed by atoms with Gasteiger partial charge in [-0.05, 0) is 19.8 Å². The van der Waals surface area contributed by atoms with Crippen LogP contribution in [-0.2, 0) is 19.1 Å². The molecular weight excluding hydrogens is 280 g/mol. The van der Waals surface area contributed by atoms with Gasteiger partial charge in [-0.25, -0.2) is 4.79 Å². The predicted octanol–water partition coefficient (Wildman–Crippen LogP) is 0.510. The van der Waals surface area contributed by atoms with Gasteiger partial charge in [0.25, 0.3) is 5.91 Å². The molecule has 0 spiro atoms. The van der Waals surface area contributed by atoms with Gasteiger partial charge in [0, 0.05) is 18.7 Å². The number of thioether (sulfide) groups is 1. The summed E-state index contributed by atoms with van der Waals surface area (Å²) in [5, 5.41) is 2.64. The van der Waals surface area contributed by atoms with Gasteiger partial charge in [-0.1, -0.05) is 6.92 Å². The molecule has 2 aliphatic heterocycles. The Bertz CT molecular complexity index is 429. The lowest BCUT2D eigenvalue weighted by Gasteiger charge is -2.29. The summed E-state index contributed by atoms with van der Waals surface area (Å²) in [6.07, 6.45) is 2.07. The molecule has 2 saturated heterocycles. The first-order valence-electron chi connectivity index (χ1n) is 6.87. The quantitative estimate of drug-likeness (QED) is 0.749. The lowest BCUT2D eigenvalue weighted by atomic mass is 10.2. The Hall–Kier alpha value is -1.24. The van der Waals surface area contributed by atoms with E-state index < -0.39 is 12.0 Å². The zero-order chi connectivity index (χ0) is 14.8. The lowest BCUT2D eigenvalue weighted by Crippen LogP contribution is -2.47. The molecule has 2 rings (SSSR count). The summed E-state index contributed by atoms with van der Waals surface area (Å²) in [7, 11) is 0. The second kappa shape index (κ2) is 6.03. The van der Waals surface area contributed by atoms with Crippen LogP contribution in [0.3, 0.4) is 0 Å². The van der Waals surface area contributed by atoms with Gasteiger partial charge in [-0.2, -0.15) is 0 Å². The molecule has 2 aliphatic rings. The summed E-state index contributed by atoms with van der Waals surface area (Å²) >= 11 is 1.61. The van der Waals surface area contributed by atoms with Crippen molar-refractivity contribution in [1.82, 2.24) is 10.2 Å². The van der Waals surface area contributed by atoms with Crippen LogP contribution in [0.25, 0.3) is 0 Å². The number of hydrogen-bond acceptors (Lipinski definition) is 5. The monoisotopic (exact) mass is 300 g/mol. The van der Waals surface area contributed by atoms with E-state index in [4.69, 9.17) is 4.74 Å². The number of carbonyl (C=O) groups is 3. The minimum Gasteiger partial charge on any atom is -0.454 e. The maximum absolute atomic E-state index is 12.0. The molecule has 0 bridgehead atoms. The molecule has 0 aromatic carbocycles. The third-order valence-corrected chi connectivity index (χ3v) is 5.14. The Kier molecular flexibility index (Phi) is 4.57. The van der Waals surface area contributed by atoms with Crippen LogP contribution in [0, 0.1) is 0 Å². The van der Waals surface area contributed by atoms with E-state index in [9.17, 15) is 14.4 Å². The summed E-state index contributed by atoms with van der Waals surface area (Å²) in [5.74, 6) is -0.253. The molecule has 0 aromatic rings. The highest BCUT2D eigenvalue weighted by Gasteiger charge is 2.53. The van der Waals surface area contributed by atoms with Crippen LogP contribution < -0.4 is 5.32 Å². The molecule has 20 heavy (non-hydrogen) atoms. The number of amides is 2. The molecule has 0 aromatic heterocycles. The molecule has 2 fully saturated rings. The molecular formula is C13H20N2O4S. The van der Waals surface area contributed by atoms with Crippen LogP contribution in [-0.4, -0.2) is 52.5 Å². The summed E-state index contributed by atoms with van der Waals surface area (Å²) in [4.78, 5) is 36.7. The van der Waals surface area contributed by atoms with Gasteiger partial charge in [-0.3, -0.25) is 9.59 Å². The van der Waals surface area contributed by atoms with Crippen LogP contribution in [0.4, 0.5) is 0 Å². The smallest absolute Gasteiger partial charge is 0.330 e. The Balaban J connectivity index is 1.87. The first-order chi connectivity index (χ1) is 9.48. The maximum atomic E-state index is 12.0. The molecule has 2 amide bonds. The fourth-order valence-corrected chi connectivity index (χ4v) is 3.96. The highest BCUT2D eigenvalue weighted by Crippen LogP contribution is 2.47. The van der Waals surface area contributed by atoms with Crippen molar-refractivity contribution in [3.63, 3.8) is 0 Å². The van der Waals surface area contributed by atoms with Gasteiger partial charge in [-0.15, -0.1) is 11.8 Å². The molecule has 6 nitrogen and oxygen atoms in total. The van der Waals surface area contributed by atoms with Gasteiger partial charge in [0.1, 0.15) is 6.04 Å². The largest absolute Gasteiger partial charge is 0.454 e. The molecule has 112 valence electrons. The summed E-state index contributed by atoms with van der Waals surface area (Å²) in [6, 6.07) is -0.557. The fourth-order valence-electron chi connectivity index (χ4n) is 2.54. The second-order valence-electron chi connectivity index (χ2n) is 5.22. The minimum atomic E-state index is -0.557. The second-order valence-corrected chi connectivity index (χ2v) is 6.72. The zero-order valence-corrected chi connectivity index (χ0v) is 12.6. The molecule has 7 heteroatoms. The average Bonchev–Trinajstić information content (AvgIpc) is 2.91. The highest BCUT2D eigenvalue weighted by atomic mass is 32.2. The van der Waals surface area contributed by atoms with Gasteiger partial charge in [0.05, 0.1) is 4.87 Å². The Morgan fingerprint density at radius 2 is 2.30 bits per heavy atom. The molecule has 0 saturated carbocycles. The Morgan fingerprint density at radius 1 is 1.55 bits per heavy atom. The highest BCUT2D eigenvalue weighted by molar-refractivity contribution is 8.01. The first kappa shape index (κ1) is 15.2. The van der Waals surface area contributed by atoms with E-state index in [1.165, 1.54) is 0 Å². The number of nitrogens with zero attached hydrogens (tertiary/aromatic N) is 1. The summed E-state index contributed by atoms with van der Waals surface area (Å²) in [5.41, 5.74) is 0. The van der Waals surface area contributed by atoms with E-state index in [1.54, 1.807) is 16.7 Å². The number of nitrogens with one attached hydrogen (secondary N) is 1. The van der Waals surface area contributed by atoms with Crippen molar-refractivity contribution in [3.8, 4) is 0 Å². The number of carbonyl (C=O) groups excluding carboxylic acids is 3. The van der Waals surface area contributed by atoms with Crippen molar-refractivity contribution < 1.29 is 19.1 Å². The number of hydrogen-bond donors (Lipinski definition) is 1. The molecule has 2 atom stereocenters. The zero-order valence-electron chi connectivity index (χ0n) is 11.8. The van der Waals surface area contributed by atoms with Gasteiger partial charge in [0.15, 0.2) is 6.61 Å². The topological polar surface area (TPSA) is 75.7 Å². The van der Waals surface area contributed by atoms with Crippen molar-refractivity contribution in [2.45, 2.75) is 44.0 Å². The van der Waals surface area contributed by atoms with Gasteiger partial charge < -0.3 is 15.0 Å². The van der Waals surface area contributed by atoms with E-state index in [-0.39, 0.29) is 23.3 Å². The van der Waals surface area contributed by atoms with Crippen molar-refractivity contribution >= 4 is 29.5 Å². The van der Waals surface area contributed by atoms with E-state index in [2.05, 4.69) is 5.32 Å². The van der Waals surface area contributed by atoms with E-state index in [0.717, 1.165) is 12.8 Å². The van der Waals surface area contributed by atoms with Crippen LogP contribution in [0.2, 0.25) is 0 Å². The van der Waals surface area contributed by atoms with Crippen molar-refractivity contribution in [2.75, 3.05) is 18.9 Å². The Morgan fingerprint density at radius 3 is 3.00 bits per heavy atom. The predicted molar refractivity (Wildman–Crippen MR) is 75.0 cm³/mol. The summed E-state index contributed by atoms with van der Waals surface area (Å²) < 4.78 is 5.03. The minimum absolute atomic E-state index is 0.00474. The number of fused-ring (bicyclic) bond motifs is 1. The van der Waals surface area contributed by atoms with Crippen molar-refractivity contribution in [2.24, 2.45) is 0 Å². The third kappa shape index (κ3) is 2.92. The number of rotatable bonds is 5. The molecule has 0 unspecified atom stereocenters. The number of esters is 1. The van der Waals surface area contributed by atoms with Crippen LogP contribution in [0.5, 0.6) is 0 Å². The normalized spacial score (nSPS) is 28.4. The lowest BCUT2D eigenvalue weighted by molar-refractivity contribution is -0.156. The van der Waals surface area contributed by atoms with E-state index >= 15 is 0 Å². The van der Waals surface area contributed by atoms with Gasteiger partial charge >= 0.3 is 5.97 Å². The fraction of sp³-hybridized carbons (Fsp3) is 0.769. The van der Waals surface area contributed by atoms with E-state index in [0.29, 0.717) is 18.7 Å². The van der Waals surface area contributed by atoms with Gasteiger partial charge in [0.2, 0.25) is 5.91 Å².